The minimum atomic E-state index is -0.722. The first-order chi connectivity index (χ1) is 10.6. The van der Waals surface area contributed by atoms with Gasteiger partial charge in [0.2, 0.25) is 11.2 Å². The fourth-order valence-electron chi connectivity index (χ4n) is 2.85. The highest BCUT2D eigenvalue weighted by Crippen LogP contribution is 2.38. The van der Waals surface area contributed by atoms with E-state index in [1.165, 1.54) is 0 Å². The first-order valence-electron chi connectivity index (χ1n) is 6.84. The van der Waals surface area contributed by atoms with Gasteiger partial charge in [0.15, 0.2) is 11.0 Å². The maximum Gasteiger partial charge on any atom is 0.228 e. The monoisotopic (exact) mass is 344 g/mol. The zero-order chi connectivity index (χ0) is 15.3. The van der Waals surface area contributed by atoms with Crippen molar-refractivity contribution in [3.05, 3.63) is 16.3 Å². The van der Waals surface area contributed by atoms with Gasteiger partial charge in [-0.3, -0.25) is 0 Å². The third-order valence-electron chi connectivity index (χ3n) is 3.85. The SMILES string of the molecule is Fc1c(Cl)nc2c3c(nc(Cl)nc13)N1CCOCC1CCO2. The highest BCUT2D eigenvalue weighted by atomic mass is 35.5. The van der Waals surface area contributed by atoms with E-state index in [1.54, 1.807) is 0 Å². The molecule has 1 saturated heterocycles. The number of pyridine rings is 1. The van der Waals surface area contributed by atoms with E-state index in [-0.39, 0.29) is 27.9 Å². The Balaban J connectivity index is 2.04. The van der Waals surface area contributed by atoms with E-state index in [9.17, 15) is 4.39 Å². The lowest BCUT2D eigenvalue weighted by atomic mass is 10.1. The van der Waals surface area contributed by atoms with Crippen LogP contribution in [-0.4, -0.2) is 47.4 Å². The van der Waals surface area contributed by atoms with Crippen molar-refractivity contribution in [3.8, 4) is 5.88 Å². The van der Waals surface area contributed by atoms with Gasteiger partial charge < -0.3 is 14.4 Å². The highest BCUT2D eigenvalue weighted by Gasteiger charge is 2.31. The maximum atomic E-state index is 14.3. The van der Waals surface area contributed by atoms with Gasteiger partial charge >= 0.3 is 0 Å². The van der Waals surface area contributed by atoms with Gasteiger partial charge in [0.25, 0.3) is 0 Å². The predicted molar refractivity (Wildman–Crippen MR) is 79.4 cm³/mol. The van der Waals surface area contributed by atoms with Crippen LogP contribution in [0.1, 0.15) is 6.42 Å². The van der Waals surface area contributed by atoms with Crippen molar-refractivity contribution in [3.63, 3.8) is 0 Å². The van der Waals surface area contributed by atoms with Gasteiger partial charge in [0.1, 0.15) is 16.7 Å². The van der Waals surface area contributed by atoms with Crippen molar-refractivity contribution in [2.75, 3.05) is 31.3 Å². The molecule has 22 heavy (non-hydrogen) atoms. The van der Waals surface area contributed by atoms with E-state index in [4.69, 9.17) is 32.7 Å². The number of hydrogen-bond donors (Lipinski definition) is 0. The Morgan fingerprint density at radius 1 is 1.18 bits per heavy atom. The van der Waals surface area contributed by atoms with Crippen LogP contribution >= 0.6 is 23.2 Å². The van der Waals surface area contributed by atoms with Crippen molar-refractivity contribution in [1.29, 1.82) is 0 Å². The van der Waals surface area contributed by atoms with Gasteiger partial charge in [0.05, 0.1) is 25.9 Å². The molecule has 0 radical (unpaired) electrons. The smallest absolute Gasteiger partial charge is 0.228 e. The van der Waals surface area contributed by atoms with Crippen LogP contribution in [-0.2, 0) is 4.74 Å². The Morgan fingerprint density at radius 2 is 2.05 bits per heavy atom. The molecule has 0 bridgehead atoms. The first kappa shape index (κ1) is 14.2. The Morgan fingerprint density at radius 3 is 2.91 bits per heavy atom. The number of aromatic nitrogens is 3. The molecule has 0 aromatic carbocycles. The minimum absolute atomic E-state index is 0.0251. The van der Waals surface area contributed by atoms with Gasteiger partial charge in [-0.1, -0.05) is 11.6 Å². The van der Waals surface area contributed by atoms with Gasteiger partial charge in [-0.2, -0.15) is 9.97 Å². The van der Waals surface area contributed by atoms with Crippen LogP contribution in [0.25, 0.3) is 10.9 Å². The second kappa shape index (κ2) is 5.33. The lowest BCUT2D eigenvalue weighted by Crippen LogP contribution is -2.47. The van der Waals surface area contributed by atoms with E-state index >= 15 is 0 Å². The molecule has 1 atom stereocenters. The molecule has 1 unspecified atom stereocenters. The topological polar surface area (TPSA) is 60.4 Å². The number of morpholine rings is 1. The van der Waals surface area contributed by atoms with Crippen molar-refractivity contribution >= 4 is 39.9 Å². The molecule has 2 aliphatic heterocycles. The van der Waals surface area contributed by atoms with Crippen LogP contribution in [0.2, 0.25) is 10.4 Å². The van der Waals surface area contributed by atoms with Gasteiger partial charge in [0, 0.05) is 13.0 Å². The standard InChI is InChI=1S/C13H11Cl2FN4O2/c14-10-8(16)9-7-11(19-13(15)17-9)20-2-4-21-5-6(20)1-3-22-12(7)18-10/h6H,1-5H2. The quantitative estimate of drug-likeness (QED) is 0.540. The van der Waals surface area contributed by atoms with Crippen LogP contribution in [0.4, 0.5) is 10.2 Å². The summed E-state index contributed by atoms with van der Waals surface area (Å²) >= 11 is 11.8. The molecule has 1 fully saturated rings. The molecule has 0 spiro atoms. The van der Waals surface area contributed by atoms with Crippen LogP contribution < -0.4 is 9.64 Å². The first-order valence-corrected chi connectivity index (χ1v) is 7.60. The molecule has 2 aliphatic rings. The summed E-state index contributed by atoms with van der Waals surface area (Å²) in [5.74, 6) is 0.0269. The maximum absolute atomic E-state index is 14.3. The van der Waals surface area contributed by atoms with Crippen LogP contribution in [0.5, 0.6) is 5.88 Å². The molecule has 9 heteroatoms. The molecular weight excluding hydrogens is 334 g/mol. The third kappa shape index (κ3) is 2.15. The van der Waals surface area contributed by atoms with Crippen molar-refractivity contribution in [2.45, 2.75) is 12.5 Å². The molecule has 0 amide bonds. The average Bonchev–Trinajstić information content (AvgIpc) is 2.50. The molecule has 116 valence electrons. The summed E-state index contributed by atoms with van der Waals surface area (Å²) < 4.78 is 25.5. The van der Waals surface area contributed by atoms with Crippen molar-refractivity contribution in [1.82, 2.24) is 15.0 Å². The molecule has 0 aliphatic carbocycles. The minimum Gasteiger partial charge on any atom is -0.477 e. The third-order valence-corrected chi connectivity index (χ3v) is 4.27. The number of rotatable bonds is 0. The molecule has 0 saturated carbocycles. The number of fused-ring (bicyclic) bond motifs is 2. The molecular formula is C13H11Cl2FN4O2. The Bertz CT molecular complexity index is 761. The molecule has 4 heterocycles. The van der Waals surface area contributed by atoms with E-state index in [2.05, 4.69) is 19.9 Å². The Kier molecular flexibility index (Phi) is 3.43. The summed E-state index contributed by atoms with van der Waals surface area (Å²) in [6.07, 6.45) is 0.735. The number of anilines is 1. The summed E-state index contributed by atoms with van der Waals surface area (Å²) in [7, 11) is 0. The lowest BCUT2D eigenvalue weighted by molar-refractivity contribution is 0.0851. The van der Waals surface area contributed by atoms with E-state index < -0.39 is 5.82 Å². The summed E-state index contributed by atoms with van der Waals surface area (Å²) in [5.41, 5.74) is 0.0251. The fraction of sp³-hybridized carbons (Fsp3) is 0.462. The largest absolute Gasteiger partial charge is 0.477 e. The van der Waals surface area contributed by atoms with Gasteiger partial charge in [-0.15, -0.1) is 0 Å². The highest BCUT2D eigenvalue weighted by molar-refractivity contribution is 6.31. The lowest BCUT2D eigenvalue weighted by Gasteiger charge is -2.38. The molecule has 2 aromatic rings. The van der Waals surface area contributed by atoms with Crippen molar-refractivity contribution < 1.29 is 13.9 Å². The number of nitrogens with zero attached hydrogens (tertiary/aromatic N) is 4. The zero-order valence-corrected chi connectivity index (χ0v) is 12.9. The second-order valence-electron chi connectivity index (χ2n) is 5.12. The molecule has 4 rings (SSSR count). The summed E-state index contributed by atoms with van der Waals surface area (Å²) in [6, 6.07) is 0.0924. The van der Waals surface area contributed by atoms with Crippen LogP contribution in [0, 0.1) is 5.82 Å². The van der Waals surface area contributed by atoms with Gasteiger partial charge in [-0.25, -0.2) is 9.37 Å². The van der Waals surface area contributed by atoms with E-state index in [0.717, 1.165) is 6.42 Å². The Hall–Kier alpha value is -1.44. The summed E-state index contributed by atoms with van der Waals surface area (Å²) in [6.45, 7) is 2.19. The van der Waals surface area contributed by atoms with E-state index in [0.29, 0.717) is 37.6 Å². The second-order valence-corrected chi connectivity index (χ2v) is 5.82. The zero-order valence-electron chi connectivity index (χ0n) is 11.4. The fourth-order valence-corrected chi connectivity index (χ4v) is 3.18. The average molecular weight is 345 g/mol. The normalized spacial score (nSPS) is 21.0. The molecule has 2 aromatic heterocycles. The number of hydrogen-bond acceptors (Lipinski definition) is 6. The molecule has 0 N–H and O–H groups in total. The number of ether oxygens (including phenoxy) is 2. The Labute approximate surface area is 135 Å². The summed E-state index contributed by atoms with van der Waals surface area (Å²) in [4.78, 5) is 14.3. The molecule has 6 nitrogen and oxygen atoms in total. The van der Waals surface area contributed by atoms with Crippen molar-refractivity contribution in [2.24, 2.45) is 0 Å². The summed E-state index contributed by atoms with van der Waals surface area (Å²) in [5, 5.41) is 0.0700. The van der Waals surface area contributed by atoms with Crippen LogP contribution in [0.15, 0.2) is 0 Å². The van der Waals surface area contributed by atoms with Crippen LogP contribution in [0.3, 0.4) is 0 Å². The predicted octanol–water partition coefficient (Wildman–Crippen LogP) is 2.46. The van der Waals surface area contributed by atoms with Gasteiger partial charge in [-0.05, 0) is 11.6 Å². The number of halogens is 3. The van der Waals surface area contributed by atoms with E-state index in [1.807, 2.05) is 0 Å².